The number of ether oxygens (including phenoxy) is 1. The number of hydrogen-bond donors (Lipinski definition) is 3. The summed E-state index contributed by atoms with van der Waals surface area (Å²) in [6.07, 6.45) is -1.73. The zero-order valence-electron chi connectivity index (χ0n) is 8.52. The fraction of sp³-hybridized carbons (Fsp3) is 0.625. The van der Waals surface area contributed by atoms with Gasteiger partial charge >= 0.3 is 12.1 Å². The Kier molecular flexibility index (Phi) is 5.14. The Morgan fingerprint density at radius 1 is 1.40 bits per heavy atom. The van der Waals surface area contributed by atoms with Crippen LogP contribution in [0.5, 0.6) is 0 Å². The number of alkyl carbamates (subject to hydrolysis) is 1. The first kappa shape index (κ1) is 13.2. The average Bonchev–Trinajstić information content (AvgIpc) is 1.99. The van der Waals surface area contributed by atoms with Gasteiger partial charge in [0.05, 0.1) is 12.5 Å². The summed E-state index contributed by atoms with van der Waals surface area (Å²) in [5, 5.41) is 10.6. The summed E-state index contributed by atoms with van der Waals surface area (Å²) in [7, 11) is 0. The summed E-state index contributed by atoms with van der Waals surface area (Å²) in [6, 6.07) is -1.35. The van der Waals surface area contributed by atoms with Crippen molar-refractivity contribution in [1.82, 2.24) is 5.32 Å². The van der Waals surface area contributed by atoms with Crippen LogP contribution in [0.1, 0.15) is 20.3 Å². The number of nitrogens with one attached hydrogen (secondary N) is 1. The molecule has 0 aliphatic carbocycles. The molecule has 0 bridgehead atoms. The van der Waals surface area contributed by atoms with Crippen LogP contribution in [0.4, 0.5) is 4.79 Å². The highest BCUT2D eigenvalue weighted by molar-refractivity contribution is 5.86. The number of carbonyl (C=O) groups excluding carboxylic acids is 2. The smallest absolute Gasteiger partial charge is 0.408 e. The Labute approximate surface area is 86.6 Å². The maximum Gasteiger partial charge on any atom is 0.408 e. The van der Waals surface area contributed by atoms with E-state index in [0.29, 0.717) is 0 Å². The third kappa shape index (κ3) is 6.30. The molecule has 86 valence electrons. The second-order valence-corrected chi connectivity index (χ2v) is 3.16. The minimum absolute atomic E-state index is 0.368. The zero-order valence-corrected chi connectivity index (χ0v) is 8.52. The van der Waals surface area contributed by atoms with Crippen molar-refractivity contribution in [2.75, 3.05) is 0 Å². The molecular weight excluding hydrogens is 204 g/mol. The Hall–Kier alpha value is -1.79. The molecular formula is C8H14N2O5. The summed E-state index contributed by atoms with van der Waals surface area (Å²) in [6.45, 7) is 3.23. The Balaban J connectivity index is 4.22. The number of aliphatic carboxylic acids is 1. The van der Waals surface area contributed by atoms with E-state index in [9.17, 15) is 14.4 Å². The molecule has 2 amide bonds. The second kappa shape index (κ2) is 5.84. The molecule has 0 aromatic heterocycles. The highest BCUT2D eigenvalue weighted by Crippen LogP contribution is 1.95. The van der Waals surface area contributed by atoms with Gasteiger partial charge in [-0.3, -0.25) is 4.79 Å². The van der Waals surface area contributed by atoms with E-state index in [1.165, 1.54) is 0 Å². The maximum atomic E-state index is 11.0. The predicted molar refractivity (Wildman–Crippen MR) is 50.0 cm³/mol. The number of amides is 2. The molecule has 0 aromatic carbocycles. The summed E-state index contributed by atoms with van der Waals surface area (Å²) in [5.74, 6) is -2.15. The molecule has 0 radical (unpaired) electrons. The fourth-order valence-electron chi connectivity index (χ4n) is 0.792. The topological polar surface area (TPSA) is 119 Å². The Morgan fingerprint density at radius 3 is 2.27 bits per heavy atom. The van der Waals surface area contributed by atoms with Crippen LogP contribution in [-0.4, -0.2) is 35.2 Å². The third-order valence-corrected chi connectivity index (χ3v) is 1.34. The van der Waals surface area contributed by atoms with E-state index in [-0.39, 0.29) is 6.10 Å². The standard InChI is InChI=1S/C8H14N2O5/c1-4(2)15-8(14)10-5(7(12)13)3-6(9)11/h4-5H,3H2,1-2H3,(H2,9,11)(H,10,14)(H,12,13)/t5-/m1/s1. The van der Waals surface area contributed by atoms with Crippen LogP contribution >= 0.6 is 0 Å². The van der Waals surface area contributed by atoms with Gasteiger partial charge < -0.3 is 20.9 Å². The van der Waals surface area contributed by atoms with E-state index in [1.807, 2.05) is 5.32 Å². The van der Waals surface area contributed by atoms with Crippen molar-refractivity contribution in [3.05, 3.63) is 0 Å². The molecule has 4 N–H and O–H groups in total. The van der Waals surface area contributed by atoms with E-state index in [0.717, 1.165) is 0 Å². The van der Waals surface area contributed by atoms with Crippen LogP contribution in [0.15, 0.2) is 0 Å². The van der Waals surface area contributed by atoms with Crippen LogP contribution in [-0.2, 0) is 14.3 Å². The molecule has 0 spiro atoms. The van der Waals surface area contributed by atoms with Crippen LogP contribution in [0, 0.1) is 0 Å². The van der Waals surface area contributed by atoms with Crippen molar-refractivity contribution in [1.29, 1.82) is 0 Å². The highest BCUT2D eigenvalue weighted by atomic mass is 16.6. The zero-order chi connectivity index (χ0) is 12.0. The largest absolute Gasteiger partial charge is 0.480 e. The van der Waals surface area contributed by atoms with Gasteiger partial charge in [-0.1, -0.05) is 0 Å². The number of rotatable bonds is 5. The SMILES string of the molecule is CC(C)OC(=O)N[C@H](CC(N)=O)C(=O)O. The minimum Gasteiger partial charge on any atom is -0.480 e. The number of carbonyl (C=O) groups is 3. The molecule has 0 aliphatic rings. The lowest BCUT2D eigenvalue weighted by Gasteiger charge is -2.14. The van der Waals surface area contributed by atoms with Gasteiger partial charge in [0.2, 0.25) is 5.91 Å². The Morgan fingerprint density at radius 2 is 1.93 bits per heavy atom. The molecule has 0 saturated carbocycles. The number of primary amides is 1. The minimum atomic E-state index is -1.35. The molecule has 0 heterocycles. The highest BCUT2D eigenvalue weighted by Gasteiger charge is 2.22. The van der Waals surface area contributed by atoms with Crippen LogP contribution in [0.2, 0.25) is 0 Å². The van der Waals surface area contributed by atoms with E-state index in [2.05, 4.69) is 4.74 Å². The maximum absolute atomic E-state index is 11.0. The van der Waals surface area contributed by atoms with Crippen molar-refractivity contribution in [3.63, 3.8) is 0 Å². The summed E-state index contributed by atoms with van der Waals surface area (Å²) in [4.78, 5) is 32.1. The molecule has 1 atom stereocenters. The van der Waals surface area contributed by atoms with E-state index < -0.39 is 30.4 Å². The number of hydrogen-bond acceptors (Lipinski definition) is 4. The fourth-order valence-corrected chi connectivity index (χ4v) is 0.792. The van der Waals surface area contributed by atoms with E-state index in [4.69, 9.17) is 10.8 Å². The van der Waals surface area contributed by atoms with Crippen molar-refractivity contribution in [3.8, 4) is 0 Å². The number of nitrogens with two attached hydrogens (primary N) is 1. The molecule has 0 fully saturated rings. The molecule has 0 rings (SSSR count). The van der Waals surface area contributed by atoms with Gasteiger partial charge in [0.1, 0.15) is 6.04 Å². The first-order valence-electron chi connectivity index (χ1n) is 4.31. The van der Waals surface area contributed by atoms with Crippen LogP contribution < -0.4 is 11.1 Å². The van der Waals surface area contributed by atoms with Gasteiger partial charge in [0, 0.05) is 0 Å². The molecule has 7 heteroatoms. The molecule has 7 nitrogen and oxygen atoms in total. The lowest BCUT2D eigenvalue weighted by atomic mass is 10.2. The second-order valence-electron chi connectivity index (χ2n) is 3.16. The van der Waals surface area contributed by atoms with Gasteiger partial charge in [-0.15, -0.1) is 0 Å². The van der Waals surface area contributed by atoms with Gasteiger partial charge in [0.15, 0.2) is 0 Å². The molecule has 0 saturated heterocycles. The average molecular weight is 218 g/mol. The van der Waals surface area contributed by atoms with Gasteiger partial charge in [-0.05, 0) is 13.8 Å². The van der Waals surface area contributed by atoms with Gasteiger partial charge in [0.25, 0.3) is 0 Å². The number of carboxylic acids is 1. The van der Waals surface area contributed by atoms with Crippen molar-refractivity contribution in [2.24, 2.45) is 5.73 Å². The molecule has 0 aliphatic heterocycles. The van der Waals surface area contributed by atoms with Crippen molar-refractivity contribution < 1.29 is 24.2 Å². The Bertz CT molecular complexity index is 264. The molecule has 15 heavy (non-hydrogen) atoms. The van der Waals surface area contributed by atoms with Crippen molar-refractivity contribution >= 4 is 18.0 Å². The van der Waals surface area contributed by atoms with Crippen LogP contribution in [0.25, 0.3) is 0 Å². The first-order chi connectivity index (χ1) is 6.82. The monoisotopic (exact) mass is 218 g/mol. The van der Waals surface area contributed by atoms with Gasteiger partial charge in [-0.25, -0.2) is 9.59 Å². The summed E-state index contributed by atoms with van der Waals surface area (Å²) in [5.41, 5.74) is 4.81. The summed E-state index contributed by atoms with van der Waals surface area (Å²) >= 11 is 0. The quantitative estimate of drug-likeness (QED) is 0.572. The van der Waals surface area contributed by atoms with Crippen molar-refractivity contribution in [2.45, 2.75) is 32.4 Å². The van der Waals surface area contributed by atoms with E-state index in [1.54, 1.807) is 13.8 Å². The number of carboxylic acid groups (broad SMARTS) is 1. The molecule has 0 unspecified atom stereocenters. The predicted octanol–water partition coefficient (Wildman–Crippen LogP) is -0.550. The van der Waals surface area contributed by atoms with Crippen LogP contribution in [0.3, 0.4) is 0 Å². The summed E-state index contributed by atoms with van der Waals surface area (Å²) < 4.78 is 4.65. The lowest BCUT2D eigenvalue weighted by molar-refractivity contribution is -0.141. The van der Waals surface area contributed by atoms with E-state index >= 15 is 0 Å². The normalized spacial score (nSPS) is 11.9. The third-order valence-electron chi connectivity index (χ3n) is 1.34. The lowest BCUT2D eigenvalue weighted by Crippen LogP contribution is -2.44. The first-order valence-corrected chi connectivity index (χ1v) is 4.31. The van der Waals surface area contributed by atoms with Gasteiger partial charge in [-0.2, -0.15) is 0 Å². The molecule has 0 aromatic rings.